The molecule has 7 heteroatoms. The Bertz CT molecular complexity index is 775. The number of rotatable bonds is 4. The molecule has 0 aliphatic heterocycles. The highest BCUT2D eigenvalue weighted by molar-refractivity contribution is 14.1. The molecule has 1 aromatic carbocycles. The zero-order chi connectivity index (χ0) is 15.5. The SMILES string of the molecule is Cn1ncc(I)c1C(=O)Nc1cccc(Cn2cccn2)c1. The zero-order valence-electron chi connectivity index (χ0n) is 11.9. The van der Waals surface area contributed by atoms with Crippen LogP contribution in [0.25, 0.3) is 0 Å². The number of carbonyl (C=O) groups is 1. The maximum Gasteiger partial charge on any atom is 0.275 e. The molecule has 0 radical (unpaired) electrons. The third kappa shape index (κ3) is 3.19. The highest BCUT2D eigenvalue weighted by Gasteiger charge is 2.15. The maximum absolute atomic E-state index is 12.4. The van der Waals surface area contributed by atoms with E-state index in [-0.39, 0.29) is 5.91 Å². The molecule has 0 saturated carbocycles. The molecule has 0 unspecified atom stereocenters. The first-order valence-electron chi connectivity index (χ1n) is 6.69. The minimum atomic E-state index is -0.166. The number of anilines is 1. The summed E-state index contributed by atoms with van der Waals surface area (Å²) in [6, 6.07) is 9.63. The van der Waals surface area contributed by atoms with E-state index >= 15 is 0 Å². The lowest BCUT2D eigenvalue weighted by atomic mass is 10.2. The molecule has 3 rings (SSSR count). The van der Waals surface area contributed by atoms with Crippen molar-refractivity contribution in [1.29, 1.82) is 0 Å². The van der Waals surface area contributed by atoms with Crippen LogP contribution in [0.4, 0.5) is 5.69 Å². The lowest BCUT2D eigenvalue weighted by molar-refractivity contribution is 0.101. The summed E-state index contributed by atoms with van der Waals surface area (Å²) in [5.41, 5.74) is 2.38. The van der Waals surface area contributed by atoms with Gasteiger partial charge in [0.1, 0.15) is 5.69 Å². The standard InChI is InChI=1S/C15H14IN5O/c1-20-14(13(16)9-18-20)15(22)19-12-5-2-4-11(8-12)10-21-7-3-6-17-21/h2-9H,10H2,1H3,(H,19,22). The van der Waals surface area contributed by atoms with Crippen LogP contribution >= 0.6 is 22.6 Å². The van der Waals surface area contributed by atoms with Gasteiger partial charge in [0, 0.05) is 25.1 Å². The summed E-state index contributed by atoms with van der Waals surface area (Å²) < 4.78 is 4.24. The van der Waals surface area contributed by atoms with E-state index < -0.39 is 0 Å². The van der Waals surface area contributed by atoms with Crippen molar-refractivity contribution in [3.63, 3.8) is 0 Å². The maximum atomic E-state index is 12.4. The van der Waals surface area contributed by atoms with E-state index in [1.165, 1.54) is 0 Å². The number of carbonyl (C=O) groups excluding carboxylic acids is 1. The molecule has 0 aliphatic carbocycles. The van der Waals surface area contributed by atoms with Crippen LogP contribution in [0.5, 0.6) is 0 Å². The number of nitrogens with one attached hydrogen (secondary N) is 1. The summed E-state index contributed by atoms with van der Waals surface area (Å²) in [6.07, 6.45) is 5.32. The highest BCUT2D eigenvalue weighted by Crippen LogP contribution is 2.16. The van der Waals surface area contributed by atoms with Gasteiger partial charge in [-0.3, -0.25) is 14.2 Å². The van der Waals surface area contributed by atoms with E-state index in [9.17, 15) is 4.79 Å². The summed E-state index contributed by atoms with van der Waals surface area (Å²) in [7, 11) is 1.76. The van der Waals surface area contributed by atoms with Gasteiger partial charge in [-0.15, -0.1) is 0 Å². The molecule has 0 atom stereocenters. The third-order valence-corrected chi connectivity index (χ3v) is 3.99. The Morgan fingerprint density at radius 1 is 1.32 bits per heavy atom. The summed E-state index contributed by atoms with van der Waals surface area (Å²) in [5.74, 6) is -0.166. The summed E-state index contributed by atoms with van der Waals surface area (Å²) >= 11 is 2.10. The van der Waals surface area contributed by atoms with Crippen LogP contribution in [0.3, 0.4) is 0 Å². The molecule has 2 heterocycles. The van der Waals surface area contributed by atoms with Crippen LogP contribution in [0.1, 0.15) is 16.1 Å². The number of aryl methyl sites for hydroxylation is 1. The molecular formula is C15H14IN5O. The molecule has 3 aromatic rings. The van der Waals surface area contributed by atoms with Gasteiger partial charge >= 0.3 is 0 Å². The Kier molecular flexibility index (Phi) is 4.23. The molecule has 1 N–H and O–H groups in total. The first kappa shape index (κ1) is 14.8. The van der Waals surface area contributed by atoms with Gasteiger partial charge in [0.2, 0.25) is 0 Å². The molecule has 6 nitrogen and oxygen atoms in total. The number of benzene rings is 1. The topological polar surface area (TPSA) is 64.7 Å². The number of hydrogen-bond donors (Lipinski definition) is 1. The van der Waals surface area contributed by atoms with Crippen LogP contribution in [0, 0.1) is 3.57 Å². The van der Waals surface area contributed by atoms with Gasteiger partial charge in [-0.2, -0.15) is 10.2 Å². The zero-order valence-corrected chi connectivity index (χ0v) is 14.1. The molecule has 1 amide bonds. The minimum absolute atomic E-state index is 0.166. The largest absolute Gasteiger partial charge is 0.321 e. The second-order valence-corrected chi connectivity index (χ2v) is 5.99. The fourth-order valence-electron chi connectivity index (χ4n) is 2.18. The molecule has 0 fully saturated rings. The van der Waals surface area contributed by atoms with Gasteiger partial charge < -0.3 is 5.32 Å². The van der Waals surface area contributed by atoms with Crippen molar-refractivity contribution in [3.8, 4) is 0 Å². The van der Waals surface area contributed by atoms with Crippen molar-refractivity contribution < 1.29 is 4.79 Å². The Morgan fingerprint density at radius 2 is 2.18 bits per heavy atom. The van der Waals surface area contributed by atoms with Crippen molar-refractivity contribution in [3.05, 3.63) is 63.7 Å². The van der Waals surface area contributed by atoms with Crippen LogP contribution in [-0.2, 0) is 13.6 Å². The third-order valence-electron chi connectivity index (χ3n) is 3.20. The fourth-order valence-corrected chi connectivity index (χ4v) is 2.90. The quantitative estimate of drug-likeness (QED) is 0.677. The average molecular weight is 407 g/mol. The fraction of sp³-hybridized carbons (Fsp3) is 0.133. The van der Waals surface area contributed by atoms with E-state index in [4.69, 9.17) is 0 Å². The number of amides is 1. The van der Waals surface area contributed by atoms with E-state index in [1.807, 2.05) is 41.2 Å². The van der Waals surface area contributed by atoms with Gasteiger partial charge in [-0.1, -0.05) is 12.1 Å². The van der Waals surface area contributed by atoms with Crippen molar-refractivity contribution in [2.75, 3.05) is 5.32 Å². The van der Waals surface area contributed by atoms with Gasteiger partial charge in [-0.05, 0) is 46.4 Å². The molecule has 0 aliphatic rings. The van der Waals surface area contributed by atoms with E-state index in [0.717, 1.165) is 14.8 Å². The first-order valence-corrected chi connectivity index (χ1v) is 7.76. The predicted octanol–water partition coefficient (Wildman–Crippen LogP) is 2.52. The van der Waals surface area contributed by atoms with Gasteiger partial charge in [0.15, 0.2) is 0 Å². The first-order chi connectivity index (χ1) is 10.6. The molecule has 0 bridgehead atoms. The summed E-state index contributed by atoms with van der Waals surface area (Å²) in [4.78, 5) is 12.4. The van der Waals surface area contributed by atoms with Crippen molar-refractivity contribution >= 4 is 34.2 Å². The Morgan fingerprint density at radius 3 is 2.86 bits per heavy atom. The van der Waals surface area contributed by atoms with Crippen molar-refractivity contribution in [1.82, 2.24) is 19.6 Å². The molecule has 112 valence electrons. The summed E-state index contributed by atoms with van der Waals surface area (Å²) in [6.45, 7) is 0.667. The summed E-state index contributed by atoms with van der Waals surface area (Å²) in [5, 5.41) is 11.2. The molecule has 0 spiro atoms. The average Bonchev–Trinajstić information content (AvgIpc) is 3.09. The smallest absolute Gasteiger partial charge is 0.275 e. The van der Waals surface area contributed by atoms with Crippen LogP contribution < -0.4 is 5.32 Å². The number of halogens is 1. The van der Waals surface area contributed by atoms with Gasteiger partial charge in [0.25, 0.3) is 5.91 Å². The van der Waals surface area contributed by atoms with Gasteiger partial charge in [0.05, 0.1) is 16.3 Å². The van der Waals surface area contributed by atoms with E-state index in [1.54, 1.807) is 24.1 Å². The number of aromatic nitrogens is 4. The van der Waals surface area contributed by atoms with Crippen molar-refractivity contribution in [2.24, 2.45) is 7.05 Å². The Balaban J connectivity index is 1.77. The Labute approximate surface area is 141 Å². The molecular weight excluding hydrogens is 393 g/mol. The van der Waals surface area contributed by atoms with Gasteiger partial charge in [-0.25, -0.2) is 0 Å². The van der Waals surface area contributed by atoms with Crippen LogP contribution in [0.15, 0.2) is 48.9 Å². The molecule has 0 saturated heterocycles. The van der Waals surface area contributed by atoms with Crippen LogP contribution in [-0.4, -0.2) is 25.5 Å². The predicted molar refractivity (Wildman–Crippen MR) is 91.6 cm³/mol. The van der Waals surface area contributed by atoms with Crippen molar-refractivity contribution in [2.45, 2.75) is 6.54 Å². The second-order valence-electron chi connectivity index (χ2n) is 4.82. The number of nitrogens with zero attached hydrogens (tertiary/aromatic N) is 4. The van der Waals surface area contributed by atoms with E-state index in [0.29, 0.717) is 12.2 Å². The van der Waals surface area contributed by atoms with Crippen LogP contribution in [0.2, 0.25) is 0 Å². The molecule has 22 heavy (non-hydrogen) atoms. The molecule has 2 aromatic heterocycles. The minimum Gasteiger partial charge on any atom is -0.321 e. The second kappa shape index (κ2) is 6.30. The Hall–Kier alpha value is -2.16. The number of hydrogen-bond acceptors (Lipinski definition) is 3. The lowest BCUT2D eigenvalue weighted by Crippen LogP contribution is -2.17. The normalized spacial score (nSPS) is 10.6. The lowest BCUT2D eigenvalue weighted by Gasteiger charge is -2.08. The van der Waals surface area contributed by atoms with E-state index in [2.05, 4.69) is 38.1 Å². The monoisotopic (exact) mass is 407 g/mol. The highest BCUT2D eigenvalue weighted by atomic mass is 127.